The molecule has 37 heavy (non-hydrogen) atoms. The number of aromatic nitrogens is 3. The van der Waals surface area contributed by atoms with Crippen molar-refractivity contribution in [3.63, 3.8) is 0 Å². The van der Waals surface area contributed by atoms with E-state index >= 15 is 0 Å². The van der Waals surface area contributed by atoms with Crippen molar-refractivity contribution in [3.8, 4) is 11.8 Å². The Morgan fingerprint density at radius 3 is 2.38 bits per heavy atom. The fourth-order valence-electron chi connectivity index (χ4n) is 2.40. The second kappa shape index (κ2) is 14.5. The van der Waals surface area contributed by atoms with Gasteiger partial charge in [0, 0.05) is 37.0 Å². The highest BCUT2D eigenvalue weighted by atomic mass is 35.5. The standard InChI is InChI=1S/C18H16ClF2N5O2.C3H8O.H2O4S/c1-26-9-12(15(24-26)17(20)21)18(27)23-8-14(25-28)16-13(19)6-11(7-22-16)5-4-10-2-3-10;1-3(2)4;1-5(2,3)4/h6-7,9-10,17,28H,2-3,8H2,1H3,(H,23,27);3-4H,1-2H3;(H2,1,2,3,4). The first-order chi connectivity index (χ1) is 17.1. The fraction of sp³-hybridized carbons (Fsp3) is 0.429. The number of halogens is 3. The molecule has 204 valence electrons. The Kier molecular flexibility index (Phi) is 12.5. The largest absolute Gasteiger partial charge is 0.411 e. The van der Waals surface area contributed by atoms with Gasteiger partial charge in [0.05, 0.1) is 17.1 Å². The maximum Gasteiger partial charge on any atom is 0.394 e. The number of carbonyl (C=O) groups is 1. The Balaban J connectivity index is 0.000000657. The van der Waals surface area contributed by atoms with E-state index in [0.717, 1.165) is 17.5 Å². The number of hydrogen-bond acceptors (Lipinski definition) is 8. The molecule has 0 bridgehead atoms. The zero-order valence-corrected chi connectivity index (χ0v) is 21.5. The second-order valence-corrected chi connectivity index (χ2v) is 9.07. The smallest absolute Gasteiger partial charge is 0.394 e. The number of aryl methyl sites for hydroxylation is 1. The Hall–Kier alpha value is -3.16. The number of nitrogens with one attached hydrogen (secondary N) is 1. The average Bonchev–Trinajstić information content (AvgIpc) is 3.51. The third-order valence-corrected chi connectivity index (χ3v) is 4.25. The van der Waals surface area contributed by atoms with Gasteiger partial charge in [0.1, 0.15) is 17.1 Å². The predicted molar refractivity (Wildman–Crippen MR) is 129 cm³/mol. The number of aliphatic hydroxyl groups excluding tert-OH is 1. The van der Waals surface area contributed by atoms with Crippen LogP contribution in [0.15, 0.2) is 23.6 Å². The van der Waals surface area contributed by atoms with Gasteiger partial charge in [-0.3, -0.25) is 23.6 Å². The Morgan fingerprint density at radius 2 is 1.92 bits per heavy atom. The molecule has 1 aliphatic rings. The van der Waals surface area contributed by atoms with Crippen molar-refractivity contribution < 1.29 is 41.4 Å². The van der Waals surface area contributed by atoms with Crippen LogP contribution in [0.1, 0.15) is 60.4 Å². The van der Waals surface area contributed by atoms with Gasteiger partial charge in [-0.15, -0.1) is 0 Å². The van der Waals surface area contributed by atoms with Gasteiger partial charge >= 0.3 is 10.4 Å². The van der Waals surface area contributed by atoms with E-state index in [1.807, 2.05) is 0 Å². The van der Waals surface area contributed by atoms with E-state index in [1.54, 1.807) is 19.9 Å². The monoisotopic (exact) mass is 565 g/mol. The summed E-state index contributed by atoms with van der Waals surface area (Å²) < 4.78 is 58.7. The molecule has 16 heteroatoms. The van der Waals surface area contributed by atoms with Crippen LogP contribution in [-0.2, 0) is 17.4 Å². The van der Waals surface area contributed by atoms with E-state index in [1.165, 1.54) is 19.4 Å². The van der Waals surface area contributed by atoms with Crippen LogP contribution in [-0.4, -0.2) is 66.9 Å². The van der Waals surface area contributed by atoms with Gasteiger partial charge in [0.15, 0.2) is 0 Å². The maximum absolute atomic E-state index is 13.0. The van der Waals surface area contributed by atoms with Crippen LogP contribution in [0.3, 0.4) is 0 Å². The van der Waals surface area contributed by atoms with Crippen LogP contribution in [0.2, 0.25) is 5.02 Å². The van der Waals surface area contributed by atoms with E-state index in [-0.39, 0.29) is 34.6 Å². The van der Waals surface area contributed by atoms with Gasteiger partial charge in [-0.1, -0.05) is 28.6 Å². The van der Waals surface area contributed by atoms with E-state index in [9.17, 15) is 18.8 Å². The van der Waals surface area contributed by atoms with E-state index in [4.69, 9.17) is 34.2 Å². The first kappa shape index (κ1) is 31.9. The maximum atomic E-state index is 13.0. The number of nitrogens with zero attached hydrogens (tertiary/aromatic N) is 4. The third kappa shape index (κ3) is 13.1. The Morgan fingerprint density at radius 1 is 1.35 bits per heavy atom. The first-order valence-electron chi connectivity index (χ1n) is 10.5. The molecule has 2 aromatic heterocycles. The lowest BCUT2D eigenvalue weighted by Gasteiger charge is -2.08. The number of rotatable bonds is 5. The molecule has 1 saturated carbocycles. The number of amides is 1. The third-order valence-electron chi connectivity index (χ3n) is 3.96. The molecule has 0 radical (unpaired) electrons. The van der Waals surface area contributed by atoms with Gasteiger partial charge in [0.25, 0.3) is 12.3 Å². The average molecular weight is 566 g/mol. The van der Waals surface area contributed by atoms with Crippen LogP contribution in [0.4, 0.5) is 8.78 Å². The topological polar surface area (TPSA) is 187 Å². The van der Waals surface area contributed by atoms with Crippen LogP contribution >= 0.6 is 11.6 Å². The zero-order chi connectivity index (χ0) is 28.3. The number of pyridine rings is 1. The number of oxime groups is 1. The molecule has 1 fully saturated rings. The SMILES string of the molecule is CC(C)O.Cn1cc(C(=O)NCC(=NO)c2ncc(C#CC3CC3)cc2Cl)c(C(F)F)n1.O=S(=O)(O)O. The van der Waals surface area contributed by atoms with Crippen molar-refractivity contribution in [1.82, 2.24) is 20.1 Å². The highest BCUT2D eigenvalue weighted by Crippen LogP contribution is 2.27. The molecule has 2 heterocycles. The number of hydrogen-bond donors (Lipinski definition) is 5. The number of aliphatic hydroxyl groups is 1. The minimum atomic E-state index is -4.67. The molecule has 5 N–H and O–H groups in total. The molecule has 0 aliphatic heterocycles. The van der Waals surface area contributed by atoms with Gasteiger partial charge in [-0.05, 0) is 32.8 Å². The van der Waals surface area contributed by atoms with Crippen LogP contribution < -0.4 is 5.32 Å². The molecule has 1 aliphatic carbocycles. The summed E-state index contributed by atoms with van der Waals surface area (Å²) in [4.78, 5) is 16.4. The van der Waals surface area contributed by atoms with Crippen molar-refractivity contribution in [2.45, 2.75) is 39.2 Å². The molecule has 0 spiro atoms. The fourth-order valence-corrected chi connectivity index (χ4v) is 2.67. The summed E-state index contributed by atoms with van der Waals surface area (Å²) in [5.74, 6) is 5.70. The summed E-state index contributed by atoms with van der Waals surface area (Å²) >= 11 is 6.19. The molecule has 0 unspecified atom stereocenters. The van der Waals surface area contributed by atoms with Crippen molar-refractivity contribution in [1.29, 1.82) is 0 Å². The van der Waals surface area contributed by atoms with E-state index < -0.39 is 28.4 Å². The lowest BCUT2D eigenvalue weighted by Crippen LogP contribution is -2.31. The highest BCUT2D eigenvalue weighted by Gasteiger charge is 2.23. The summed E-state index contributed by atoms with van der Waals surface area (Å²) in [6.45, 7) is 3.17. The predicted octanol–water partition coefficient (Wildman–Crippen LogP) is 2.51. The van der Waals surface area contributed by atoms with Crippen LogP contribution in [0, 0.1) is 17.8 Å². The lowest BCUT2D eigenvalue weighted by molar-refractivity contribution is 0.0944. The van der Waals surface area contributed by atoms with Crippen LogP contribution in [0.5, 0.6) is 0 Å². The van der Waals surface area contributed by atoms with Gasteiger partial charge < -0.3 is 15.6 Å². The summed E-state index contributed by atoms with van der Waals surface area (Å²) in [5.41, 5.74) is -0.139. The Labute approximate surface area is 216 Å². The molecule has 1 amide bonds. The van der Waals surface area contributed by atoms with Gasteiger partial charge in [0.2, 0.25) is 0 Å². The molecule has 12 nitrogen and oxygen atoms in total. The molecular formula is C21H26ClF2N5O7S. The van der Waals surface area contributed by atoms with E-state index in [2.05, 4.69) is 32.4 Å². The van der Waals surface area contributed by atoms with Crippen molar-refractivity contribution >= 4 is 33.6 Å². The molecule has 0 atom stereocenters. The number of alkyl halides is 2. The van der Waals surface area contributed by atoms with Crippen molar-refractivity contribution in [2.75, 3.05) is 6.54 Å². The van der Waals surface area contributed by atoms with Gasteiger partial charge in [-0.25, -0.2) is 8.78 Å². The van der Waals surface area contributed by atoms with Crippen molar-refractivity contribution in [2.24, 2.45) is 18.1 Å². The lowest BCUT2D eigenvalue weighted by atomic mass is 10.2. The molecule has 3 rings (SSSR count). The summed E-state index contributed by atoms with van der Waals surface area (Å²) in [5, 5.41) is 26.6. The Bertz CT molecular complexity index is 1260. The molecular weight excluding hydrogens is 540 g/mol. The van der Waals surface area contributed by atoms with Crippen LogP contribution in [0.25, 0.3) is 0 Å². The summed E-state index contributed by atoms with van der Waals surface area (Å²) in [6.07, 6.45) is 1.80. The quantitative estimate of drug-likeness (QED) is 0.119. The van der Waals surface area contributed by atoms with Crippen molar-refractivity contribution in [3.05, 3.63) is 46.0 Å². The molecule has 0 saturated heterocycles. The molecule has 2 aromatic rings. The molecule has 0 aromatic carbocycles. The minimum absolute atomic E-state index is 0.0254. The zero-order valence-electron chi connectivity index (χ0n) is 19.9. The normalized spacial score (nSPS) is 13.1. The number of carbonyl (C=O) groups excluding carboxylic acids is 1. The van der Waals surface area contributed by atoms with E-state index in [0.29, 0.717) is 11.5 Å². The summed E-state index contributed by atoms with van der Waals surface area (Å²) in [7, 11) is -3.24. The highest BCUT2D eigenvalue weighted by molar-refractivity contribution is 7.79. The first-order valence-corrected chi connectivity index (χ1v) is 12.3. The van der Waals surface area contributed by atoms with Gasteiger partial charge in [-0.2, -0.15) is 13.5 Å². The minimum Gasteiger partial charge on any atom is -0.411 e. The summed E-state index contributed by atoms with van der Waals surface area (Å²) in [6, 6.07) is 1.59. The second-order valence-electron chi connectivity index (χ2n) is 7.77.